The van der Waals surface area contributed by atoms with Gasteiger partial charge in [-0.1, -0.05) is 50.8 Å². The summed E-state index contributed by atoms with van der Waals surface area (Å²) in [5, 5.41) is 12.5. The highest BCUT2D eigenvalue weighted by atomic mass is 32.2. The van der Waals surface area contributed by atoms with Crippen molar-refractivity contribution >= 4 is 34.1 Å². The lowest BCUT2D eigenvalue weighted by molar-refractivity contribution is -0.128. The van der Waals surface area contributed by atoms with Gasteiger partial charge in [-0.3, -0.25) is 4.79 Å². The molecule has 0 aliphatic carbocycles. The van der Waals surface area contributed by atoms with Gasteiger partial charge in [-0.15, -0.1) is 10.2 Å². The van der Waals surface area contributed by atoms with Gasteiger partial charge < -0.3 is 15.0 Å². The number of carbonyl (C=O) groups excluding carboxylic acids is 1. The van der Waals surface area contributed by atoms with Crippen molar-refractivity contribution < 1.29 is 9.53 Å². The van der Waals surface area contributed by atoms with Gasteiger partial charge >= 0.3 is 0 Å². The lowest BCUT2D eigenvalue weighted by Gasteiger charge is -2.24. The highest BCUT2D eigenvalue weighted by Gasteiger charge is 2.18. The molecule has 1 N–H and O–H groups in total. The monoisotopic (exact) mass is 414 g/mol. The van der Waals surface area contributed by atoms with Gasteiger partial charge in [0.25, 0.3) is 0 Å². The van der Waals surface area contributed by atoms with Crippen LogP contribution in [-0.2, 0) is 9.53 Å². The standard InChI is InChI=1S/C19H34N4O2S2/c1-14(2)7-9-23(10-8-15(3)4)17(24)13-26-19-22-21-18(27-19)20-12-16-6-5-11-25-16/h14-16H,5-13H2,1-4H3,(H,20,21). The Hall–Kier alpha value is -0.860. The molecule has 8 heteroatoms. The molecule has 1 aliphatic rings. The number of nitrogens with zero attached hydrogens (tertiary/aromatic N) is 3. The number of ether oxygens (including phenoxy) is 1. The number of nitrogens with one attached hydrogen (secondary N) is 1. The summed E-state index contributed by atoms with van der Waals surface area (Å²) < 4.78 is 6.44. The molecule has 2 rings (SSSR count). The molecule has 0 aromatic carbocycles. The third-order valence-corrected chi connectivity index (χ3v) is 6.54. The Morgan fingerprint density at radius 2 is 1.96 bits per heavy atom. The van der Waals surface area contributed by atoms with E-state index in [-0.39, 0.29) is 12.0 Å². The summed E-state index contributed by atoms with van der Waals surface area (Å²) in [7, 11) is 0. The third kappa shape index (κ3) is 8.79. The minimum atomic E-state index is 0.199. The van der Waals surface area contributed by atoms with Gasteiger partial charge in [-0.2, -0.15) is 0 Å². The Bertz CT molecular complexity index is 548. The summed E-state index contributed by atoms with van der Waals surface area (Å²) >= 11 is 3.00. The summed E-state index contributed by atoms with van der Waals surface area (Å²) in [6.45, 7) is 12.1. The van der Waals surface area contributed by atoms with E-state index < -0.39 is 0 Å². The normalized spacial score (nSPS) is 17.0. The Kier molecular flexibility index (Phi) is 9.86. The average molecular weight is 415 g/mol. The number of carbonyl (C=O) groups is 1. The molecule has 154 valence electrons. The van der Waals surface area contributed by atoms with E-state index in [0.717, 1.165) is 61.4 Å². The second kappa shape index (κ2) is 11.9. The van der Waals surface area contributed by atoms with E-state index in [4.69, 9.17) is 4.74 Å². The van der Waals surface area contributed by atoms with Crippen LogP contribution in [0, 0.1) is 11.8 Å². The van der Waals surface area contributed by atoms with E-state index in [1.807, 2.05) is 4.90 Å². The maximum absolute atomic E-state index is 12.7. The molecule has 0 bridgehead atoms. The van der Waals surface area contributed by atoms with Crippen molar-refractivity contribution in [2.24, 2.45) is 11.8 Å². The molecule has 1 aromatic heterocycles. The number of rotatable bonds is 12. The molecule has 1 fully saturated rings. The van der Waals surface area contributed by atoms with Crippen LogP contribution < -0.4 is 5.32 Å². The van der Waals surface area contributed by atoms with Crippen LogP contribution in [0.1, 0.15) is 53.4 Å². The SMILES string of the molecule is CC(C)CCN(CCC(C)C)C(=O)CSc1nnc(NCC2CCCO2)s1. The molecular weight excluding hydrogens is 380 g/mol. The first-order valence-electron chi connectivity index (χ1n) is 10.0. The molecule has 0 saturated carbocycles. The Balaban J connectivity index is 1.77. The molecule has 1 amide bonds. The van der Waals surface area contributed by atoms with Gasteiger partial charge in [0.05, 0.1) is 11.9 Å². The zero-order valence-electron chi connectivity index (χ0n) is 17.1. The van der Waals surface area contributed by atoms with Gasteiger partial charge in [0.2, 0.25) is 11.0 Å². The van der Waals surface area contributed by atoms with Crippen LogP contribution in [0.5, 0.6) is 0 Å². The van der Waals surface area contributed by atoms with Gasteiger partial charge in [0.1, 0.15) is 0 Å². The predicted molar refractivity (Wildman–Crippen MR) is 114 cm³/mol. The van der Waals surface area contributed by atoms with Crippen molar-refractivity contribution in [2.75, 3.05) is 37.3 Å². The van der Waals surface area contributed by atoms with E-state index in [1.165, 1.54) is 23.1 Å². The summed E-state index contributed by atoms with van der Waals surface area (Å²) in [4.78, 5) is 14.7. The molecule has 2 heterocycles. The summed E-state index contributed by atoms with van der Waals surface area (Å²) in [6.07, 6.45) is 4.61. The van der Waals surface area contributed by atoms with Crippen LogP contribution in [0.4, 0.5) is 5.13 Å². The van der Waals surface area contributed by atoms with E-state index in [1.54, 1.807) is 0 Å². The quantitative estimate of drug-likeness (QED) is 0.519. The van der Waals surface area contributed by atoms with Crippen LogP contribution in [-0.4, -0.2) is 59.1 Å². The first-order chi connectivity index (χ1) is 12.9. The topological polar surface area (TPSA) is 67.4 Å². The summed E-state index contributed by atoms with van der Waals surface area (Å²) in [5.74, 6) is 1.84. The molecule has 1 aromatic rings. The van der Waals surface area contributed by atoms with Crippen molar-refractivity contribution in [3.05, 3.63) is 0 Å². The highest BCUT2D eigenvalue weighted by Crippen LogP contribution is 2.26. The number of aromatic nitrogens is 2. The number of thioether (sulfide) groups is 1. The average Bonchev–Trinajstić information content (AvgIpc) is 3.29. The molecule has 1 atom stereocenters. The predicted octanol–water partition coefficient (Wildman–Crippen LogP) is 4.14. The van der Waals surface area contributed by atoms with Crippen LogP contribution in [0.25, 0.3) is 0 Å². The molecule has 27 heavy (non-hydrogen) atoms. The van der Waals surface area contributed by atoms with Crippen LogP contribution in [0.3, 0.4) is 0 Å². The van der Waals surface area contributed by atoms with Crippen LogP contribution in [0.15, 0.2) is 4.34 Å². The van der Waals surface area contributed by atoms with Crippen molar-refractivity contribution in [2.45, 2.75) is 63.8 Å². The molecule has 0 spiro atoms. The summed E-state index contributed by atoms with van der Waals surface area (Å²) in [6, 6.07) is 0. The molecule has 0 radical (unpaired) electrons. The van der Waals surface area contributed by atoms with E-state index in [2.05, 4.69) is 43.2 Å². The first kappa shape index (κ1) is 22.4. The zero-order valence-corrected chi connectivity index (χ0v) is 18.7. The molecular formula is C19H34N4O2S2. The van der Waals surface area contributed by atoms with E-state index >= 15 is 0 Å². The zero-order chi connectivity index (χ0) is 19.6. The first-order valence-corrected chi connectivity index (χ1v) is 11.8. The van der Waals surface area contributed by atoms with Crippen molar-refractivity contribution in [3.8, 4) is 0 Å². The fourth-order valence-corrected chi connectivity index (χ4v) is 4.41. The molecule has 6 nitrogen and oxygen atoms in total. The Labute approximate surface area is 171 Å². The third-order valence-electron chi connectivity index (χ3n) is 4.54. The minimum Gasteiger partial charge on any atom is -0.376 e. The smallest absolute Gasteiger partial charge is 0.233 e. The fraction of sp³-hybridized carbons (Fsp3) is 0.842. The second-order valence-corrected chi connectivity index (χ2v) is 10.1. The lowest BCUT2D eigenvalue weighted by atomic mass is 10.1. The number of hydrogen-bond donors (Lipinski definition) is 1. The number of anilines is 1. The lowest BCUT2D eigenvalue weighted by Crippen LogP contribution is -2.35. The Morgan fingerprint density at radius 3 is 2.56 bits per heavy atom. The maximum atomic E-state index is 12.7. The minimum absolute atomic E-state index is 0.199. The largest absolute Gasteiger partial charge is 0.376 e. The second-order valence-electron chi connectivity index (χ2n) is 7.92. The highest BCUT2D eigenvalue weighted by molar-refractivity contribution is 8.01. The fourth-order valence-electron chi connectivity index (χ4n) is 2.75. The molecule has 1 unspecified atom stereocenters. The Morgan fingerprint density at radius 1 is 1.26 bits per heavy atom. The molecule has 1 saturated heterocycles. The number of hydrogen-bond acceptors (Lipinski definition) is 7. The van der Waals surface area contributed by atoms with E-state index in [9.17, 15) is 4.79 Å². The maximum Gasteiger partial charge on any atom is 0.233 e. The van der Waals surface area contributed by atoms with Crippen molar-refractivity contribution in [1.82, 2.24) is 15.1 Å². The van der Waals surface area contributed by atoms with Crippen LogP contribution in [0.2, 0.25) is 0 Å². The van der Waals surface area contributed by atoms with E-state index in [0.29, 0.717) is 17.6 Å². The number of amides is 1. The van der Waals surface area contributed by atoms with Crippen LogP contribution >= 0.6 is 23.1 Å². The van der Waals surface area contributed by atoms with Crippen molar-refractivity contribution in [3.63, 3.8) is 0 Å². The van der Waals surface area contributed by atoms with Crippen molar-refractivity contribution in [1.29, 1.82) is 0 Å². The summed E-state index contributed by atoms with van der Waals surface area (Å²) in [5.41, 5.74) is 0. The van der Waals surface area contributed by atoms with Gasteiger partial charge in [0.15, 0.2) is 4.34 Å². The van der Waals surface area contributed by atoms with Gasteiger partial charge in [-0.25, -0.2) is 0 Å². The van der Waals surface area contributed by atoms with Gasteiger partial charge in [0, 0.05) is 26.2 Å². The van der Waals surface area contributed by atoms with Gasteiger partial charge in [-0.05, 0) is 37.5 Å². The molecule has 1 aliphatic heterocycles.